The summed E-state index contributed by atoms with van der Waals surface area (Å²) in [6, 6.07) is 0. The van der Waals surface area contributed by atoms with Crippen molar-refractivity contribution in [1.29, 1.82) is 0 Å². The van der Waals surface area contributed by atoms with Crippen LogP contribution >= 0.6 is 0 Å². The van der Waals surface area contributed by atoms with Crippen LogP contribution in [-0.4, -0.2) is 23.9 Å². The second-order valence-corrected chi connectivity index (χ2v) is 3.66. The first-order valence-electron chi connectivity index (χ1n) is 4.77. The minimum Gasteiger partial charge on any atom is -0.390 e. The Morgan fingerprint density at radius 1 is 1.25 bits per heavy atom. The van der Waals surface area contributed by atoms with Gasteiger partial charge in [0.25, 0.3) is 0 Å². The molecule has 0 saturated heterocycles. The molecule has 0 aromatic carbocycles. The molecule has 12 heavy (non-hydrogen) atoms. The zero-order valence-corrected chi connectivity index (χ0v) is 8.92. The molecule has 0 spiro atoms. The van der Waals surface area contributed by atoms with E-state index in [9.17, 15) is 5.11 Å². The van der Waals surface area contributed by atoms with Gasteiger partial charge in [0.15, 0.2) is 0 Å². The summed E-state index contributed by atoms with van der Waals surface area (Å²) in [6.07, 6.45) is 1.36. The lowest BCUT2D eigenvalue weighted by Crippen LogP contribution is -2.46. The molecule has 2 heteroatoms. The van der Waals surface area contributed by atoms with Crippen molar-refractivity contribution < 1.29 is 9.84 Å². The third-order valence-corrected chi connectivity index (χ3v) is 2.77. The molecule has 0 amide bonds. The summed E-state index contributed by atoms with van der Waals surface area (Å²) in [6.45, 7) is 8.14. The smallest absolute Gasteiger partial charge is 0.0933 e. The lowest BCUT2D eigenvalue weighted by molar-refractivity contribution is -0.123. The summed E-state index contributed by atoms with van der Waals surface area (Å²) in [5.41, 5.74) is -0.339. The number of methoxy groups -OCH3 is 1. The Morgan fingerprint density at radius 3 is 1.75 bits per heavy atom. The van der Waals surface area contributed by atoms with Gasteiger partial charge in [-0.05, 0) is 18.8 Å². The van der Waals surface area contributed by atoms with Crippen LogP contribution in [0.5, 0.6) is 0 Å². The lowest BCUT2D eigenvalue weighted by atomic mass is 9.84. The number of aliphatic hydroxyl groups excluding tert-OH is 1. The maximum atomic E-state index is 9.91. The number of ether oxygens (including phenoxy) is 1. The van der Waals surface area contributed by atoms with Gasteiger partial charge in [0.05, 0.1) is 11.7 Å². The zero-order valence-electron chi connectivity index (χ0n) is 8.92. The first-order valence-corrected chi connectivity index (χ1v) is 4.77. The zero-order chi connectivity index (χ0) is 9.78. The van der Waals surface area contributed by atoms with Crippen molar-refractivity contribution in [3.8, 4) is 0 Å². The number of aliphatic hydroxyl groups is 1. The molecule has 0 aromatic rings. The van der Waals surface area contributed by atoms with Crippen molar-refractivity contribution in [3.05, 3.63) is 0 Å². The van der Waals surface area contributed by atoms with Gasteiger partial charge < -0.3 is 9.84 Å². The fraction of sp³-hybridized carbons (Fsp3) is 1.00. The highest BCUT2D eigenvalue weighted by molar-refractivity contribution is 4.87. The second-order valence-electron chi connectivity index (χ2n) is 3.66. The highest BCUT2D eigenvalue weighted by atomic mass is 16.5. The molecule has 0 heterocycles. The molecule has 0 saturated carbocycles. The molecule has 1 atom stereocenters. The average Bonchev–Trinajstić information content (AvgIpc) is 2.08. The van der Waals surface area contributed by atoms with Crippen molar-refractivity contribution in [1.82, 2.24) is 0 Å². The topological polar surface area (TPSA) is 29.5 Å². The predicted molar refractivity (Wildman–Crippen MR) is 51.2 cm³/mol. The van der Waals surface area contributed by atoms with Crippen LogP contribution in [0.3, 0.4) is 0 Å². The highest BCUT2D eigenvalue weighted by Crippen LogP contribution is 2.28. The maximum absolute atomic E-state index is 9.91. The third-order valence-electron chi connectivity index (χ3n) is 2.77. The van der Waals surface area contributed by atoms with E-state index < -0.39 is 0 Å². The van der Waals surface area contributed by atoms with Crippen molar-refractivity contribution in [2.45, 2.75) is 52.2 Å². The molecular formula is C10H22O2. The molecule has 0 aliphatic heterocycles. The SMILES string of the molecule is CCC(CC)(OC)C(O)C(C)C. The number of rotatable bonds is 5. The molecule has 0 radical (unpaired) electrons. The average molecular weight is 174 g/mol. The van der Waals surface area contributed by atoms with Gasteiger partial charge >= 0.3 is 0 Å². The van der Waals surface area contributed by atoms with Gasteiger partial charge in [-0.15, -0.1) is 0 Å². The predicted octanol–water partition coefficient (Wildman–Crippen LogP) is 2.21. The van der Waals surface area contributed by atoms with Gasteiger partial charge in [-0.2, -0.15) is 0 Å². The van der Waals surface area contributed by atoms with Gasteiger partial charge in [0, 0.05) is 7.11 Å². The van der Waals surface area contributed by atoms with Crippen LogP contribution in [0.4, 0.5) is 0 Å². The van der Waals surface area contributed by atoms with Crippen LogP contribution < -0.4 is 0 Å². The Hall–Kier alpha value is -0.0800. The van der Waals surface area contributed by atoms with Crippen LogP contribution in [0.2, 0.25) is 0 Å². The summed E-state index contributed by atoms with van der Waals surface area (Å²) in [7, 11) is 1.68. The Labute approximate surface area is 75.9 Å². The van der Waals surface area contributed by atoms with Gasteiger partial charge in [-0.25, -0.2) is 0 Å². The van der Waals surface area contributed by atoms with Crippen LogP contribution in [-0.2, 0) is 4.74 Å². The molecule has 0 aliphatic carbocycles. The summed E-state index contributed by atoms with van der Waals surface area (Å²) in [4.78, 5) is 0. The normalized spacial score (nSPS) is 15.2. The lowest BCUT2D eigenvalue weighted by Gasteiger charge is -2.37. The first kappa shape index (κ1) is 11.9. The minimum atomic E-state index is -0.363. The summed E-state index contributed by atoms with van der Waals surface area (Å²) < 4.78 is 5.41. The van der Waals surface area contributed by atoms with E-state index in [1.807, 2.05) is 13.8 Å². The van der Waals surface area contributed by atoms with Crippen LogP contribution in [0, 0.1) is 5.92 Å². The molecule has 74 valence electrons. The van der Waals surface area contributed by atoms with Gasteiger partial charge in [0.1, 0.15) is 0 Å². The van der Waals surface area contributed by atoms with E-state index in [0.717, 1.165) is 12.8 Å². The Kier molecular flexibility index (Phi) is 4.80. The van der Waals surface area contributed by atoms with Crippen molar-refractivity contribution in [3.63, 3.8) is 0 Å². The molecule has 0 aromatic heterocycles. The molecule has 2 nitrogen and oxygen atoms in total. The molecule has 0 bridgehead atoms. The van der Waals surface area contributed by atoms with E-state index in [1.54, 1.807) is 7.11 Å². The molecule has 0 fully saturated rings. The van der Waals surface area contributed by atoms with E-state index in [2.05, 4.69) is 13.8 Å². The van der Waals surface area contributed by atoms with E-state index in [4.69, 9.17) is 4.74 Å². The van der Waals surface area contributed by atoms with Crippen LogP contribution in [0.1, 0.15) is 40.5 Å². The van der Waals surface area contributed by atoms with Crippen LogP contribution in [0.25, 0.3) is 0 Å². The summed E-state index contributed by atoms with van der Waals surface area (Å²) in [5, 5.41) is 9.91. The molecular weight excluding hydrogens is 152 g/mol. The highest BCUT2D eigenvalue weighted by Gasteiger charge is 2.36. The van der Waals surface area contributed by atoms with Crippen molar-refractivity contribution >= 4 is 0 Å². The molecule has 0 rings (SSSR count). The fourth-order valence-corrected chi connectivity index (χ4v) is 1.69. The molecule has 1 unspecified atom stereocenters. The Morgan fingerprint density at radius 2 is 1.67 bits per heavy atom. The Balaban J connectivity index is 4.46. The van der Waals surface area contributed by atoms with E-state index in [1.165, 1.54) is 0 Å². The van der Waals surface area contributed by atoms with E-state index in [0.29, 0.717) is 0 Å². The standard InChI is InChI=1S/C10H22O2/c1-6-10(7-2,12-5)9(11)8(3)4/h8-9,11H,6-7H2,1-5H3. The van der Waals surface area contributed by atoms with Crippen molar-refractivity contribution in [2.75, 3.05) is 7.11 Å². The van der Waals surface area contributed by atoms with E-state index in [-0.39, 0.29) is 17.6 Å². The molecule has 0 aliphatic rings. The first-order chi connectivity index (χ1) is 5.54. The minimum absolute atomic E-state index is 0.254. The van der Waals surface area contributed by atoms with Gasteiger partial charge in [-0.3, -0.25) is 0 Å². The van der Waals surface area contributed by atoms with E-state index >= 15 is 0 Å². The van der Waals surface area contributed by atoms with Gasteiger partial charge in [0.2, 0.25) is 0 Å². The third kappa shape index (κ3) is 2.20. The fourth-order valence-electron chi connectivity index (χ4n) is 1.69. The summed E-state index contributed by atoms with van der Waals surface area (Å²) >= 11 is 0. The quantitative estimate of drug-likeness (QED) is 0.692. The molecule has 1 N–H and O–H groups in total. The number of hydrogen-bond donors (Lipinski definition) is 1. The van der Waals surface area contributed by atoms with Gasteiger partial charge in [-0.1, -0.05) is 27.7 Å². The monoisotopic (exact) mass is 174 g/mol. The second kappa shape index (κ2) is 4.83. The number of hydrogen-bond acceptors (Lipinski definition) is 2. The van der Waals surface area contributed by atoms with Crippen LogP contribution in [0.15, 0.2) is 0 Å². The summed E-state index contributed by atoms with van der Waals surface area (Å²) in [5.74, 6) is 0.254. The van der Waals surface area contributed by atoms with Crippen molar-refractivity contribution in [2.24, 2.45) is 5.92 Å². The maximum Gasteiger partial charge on any atom is 0.0933 e. The Bertz CT molecular complexity index is 109. The largest absolute Gasteiger partial charge is 0.390 e.